The number of rotatable bonds is 6. The van der Waals surface area contributed by atoms with E-state index in [-0.39, 0.29) is 0 Å². The van der Waals surface area contributed by atoms with Crippen LogP contribution in [0.15, 0.2) is 11.2 Å². The molecule has 0 aromatic heterocycles. The Balaban J connectivity index is 4.36. The molecule has 2 heteroatoms. The summed E-state index contributed by atoms with van der Waals surface area (Å²) in [5, 5.41) is 3.93. The molecule has 0 aromatic carbocycles. The Morgan fingerprint density at radius 1 is 1.08 bits per heavy atom. The Bertz CT molecular complexity index is 131. The molecule has 0 aliphatic rings. The summed E-state index contributed by atoms with van der Waals surface area (Å²) in [6.07, 6.45) is 0. The van der Waals surface area contributed by atoms with E-state index in [9.17, 15) is 0 Å². The van der Waals surface area contributed by atoms with Crippen LogP contribution < -0.4 is 0 Å². The fourth-order valence-electron chi connectivity index (χ4n) is 1.67. The van der Waals surface area contributed by atoms with Crippen molar-refractivity contribution in [2.75, 3.05) is 6.61 Å². The normalized spacial score (nSPS) is 11.3. The number of ether oxygens (including phenoxy) is 1. The molecule has 0 radical (unpaired) electrons. The zero-order valence-corrected chi connectivity index (χ0v) is 11.0. The van der Waals surface area contributed by atoms with E-state index in [0.29, 0.717) is 0 Å². The molecule has 0 bridgehead atoms. The van der Waals surface area contributed by atoms with Crippen molar-refractivity contribution in [3.8, 4) is 0 Å². The Hall–Kier alpha value is 0.0829. The van der Waals surface area contributed by atoms with Gasteiger partial charge in [-0.1, -0.05) is 0 Å². The standard InChI is InChI=1S/C10H22GeO/c1-6-11(7-2,8-3)10(5)12-9-4/h5-9H2,1-4H3. The van der Waals surface area contributed by atoms with Crippen LogP contribution in [-0.2, 0) is 4.74 Å². The van der Waals surface area contributed by atoms with E-state index in [2.05, 4.69) is 27.4 Å². The fourth-order valence-corrected chi connectivity index (χ4v) is 8.24. The summed E-state index contributed by atoms with van der Waals surface area (Å²) >= 11 is -1.78. The van der Waals surface area contributed by atoms with Gasteiger partial charge in [0.1, 0.15) is 0 Å². The van der Waals surface area contributed by atoms with Gasteiger partial charge in [0.15, 0.2) is 0 Å². The first-order chi connectivity index (χ1) is 5.66. The van der Waals surface area contributed by atoms with Gasteiger partial charge in [0.2, 0.25) is 0 Å². The van der Waals surface area contributed by atoms with Crippen LogP contribution in [0.4, 0.5) is 0 Å². The number of hydrogen-bond acceptors (Lipinski definition) is 1. The van der Waals surface area contributed by atoms with E-state index < -0.39 is 13.3 Å². The second-order valence-corrected chi connectivity index (χ2v) is 14.2. The molecule has 0 fully saturated rings. The molecule has 0 saturated heterocycles. The molecule has 0 rings (SSSR count). The molecule has 0 atom stereocenters. The third-order valence-electron chi connectivity index (χ3n) is 2.94. The van der Waals surface area contributed by atoms with Gasteiger partial charge in [-0.25, -0.2) is 0 Å². The summed E-state index contributed by atoms with van der Waals surface area (Å²) in [5.41, 5.74) is 0. The zero-order chi connectivity index (χ0) is 9.61. The van der Waals surface area contributed by atoms with Crippen LogP contribution in [0.2, 0.25) is 15.8 Å². The molecule has 0 heterocycles. The monoisotopic (exact) mass is 232 g/mol. The van der Waals surface area contributed by atoms with Gasteiger partial charge < -0.3 is 0 Å². The van der Waals surface area contributed by atoms with E-state index in [0.717, 1.165) is 11.2 Å². The van der Waals surface area contributed by atoms with Gasteiger partial charge in [-0.3, -0.25) is 0 Å². The van der Waals surface area contributed by atoms with Gasteiger partial charge in [-0.2, -0.15) is 0 Å². The second-order valence-electron chi connectivity index (χ2n) is 3.20. The molecule has 12 heavy (non-hydrogen) atoms. The second kappa shape index (κ2) is 5.68. The molecule has 0 N–H and O–H groups in total. The van der Waals surface area contributed by atoms with Crippen LogP contribution in [0.25, 0.3) is 0 Å². The Morgan fingerprint density at radius 3 is 1.75 bits per heavy atom. The molecule has 0 aromatic rings. The molecule has 72 valence electrons. The first-order valence-corrected chi connectivity index (χ1v) is 10.5. The van der Waals surface area contributed by atoms with Gasteiger partial charge >= 0.3 is 79.2 Å². The third-order valence-corrected chi connectivity index (χ3v) is 14.2. The summed E-state index contributed by atoms with van der Waals surface area (Å²) in [7, 11) is 0. The van der Waals surface area contributed by atoms with Gasteiger partial charge in [-0.05, 0) is 0 Å². The maximum atomic E-state index is 5.57. The topological polar surface area (TPSA) is 9.23 Å². The van der Waals surface area contributed by atoms with Crippen LogP contribution >= 0.6 is 0 Å². The van der Waals surface area contributed by atoms with Crippen LogP contribution in [0.3, 0.4) is 0 Å². The van der Waals surface area contributed by atoms with Crippen LogP contribution in [-0.4, -0.2) is 19.9 Å². The fraction of sp³-hybridized carbons (Fsp3) is 0.800. The van der Waals surface area contributed by atoms with E-state index in [1.807, 2.05) is 6.92 Å². The average Bonchev–Trinajstić information content (AvgIpc) is 2.09. The quantitative estimate of drug-likeness (QED) is 0.501. The predicted molar refractivity (Wildman–Crippen MR) is 58.0 cm³/mol. The van der Waals surface area contributed by atoms with Gasteiger partial charge in [0.05, 0.1) is 0 Å². The van der Waals surface area contributed by atoms with Crippen LogP contribution in [0.5, 0.6) is 0 Å². The molecule has 0 aliphatic heterocycles. The number of hydrogen-bond donors (Lipinski definition) is 0. The minimum absolute atomic E-state index is 0.784. The molecular formula is C10H22GeO. The zero-order valence-electron chi connectivity index (χ0n) is 8.94. The van der Waals surface area contributed by atoms with Crippen molar-refractivity contribution in [3.63, 3.8) is 0 Å². The molecule has 0 unspecified atom stereocenters. The third kappa shape index (κ3) is 2.54. The molecule has 0 saturated carbocycles. The van der Waals surface area contributed by atoms with Crippen LogP contribution in [0.1, 0.15) is 27.7 Å². The van der Waals surface area contributed by atoms with E-state index in [1.54, 1.807) is 0 Å². The average molecular weight is 231 g/mol. The first kappa shape index (κ1) is 12.1. The van der Waals surface area contributed by atoms with E-state index in [1.165, 1.54) is 15.8 Å². The molecule has 1 nitrogen and oxygen atoms in total. The Labute approximate surface area is 79.6 Å². The summed E-state index contributed by atoms with van der Waals surface area (Å²) in [6.45, 7) is 13.8. The van der Waals surface area contributed by atoms with E-state index in [4.69, 9.17) is 4.74 Å². The van der Waals surface area contributed by atoms with Gasteiger partial charge in [-0.15, -0.1) is 0 Å². The van der Waals surface area contributed by atoms with Crippen molar-refractivity contribution < 1.29 is 4.74 Å². The van der Waals surface area contributed by atoms with Crippen molar-refractivity contribution in [2.24, 2.45) is 0 Å². The van der Waals surface area contributed by atoms with Crippen molar-refractivity contribution in [1.82, 2.24) is 0 Å². The minimum atomic E-state index is -1.78. The van der Waals surface area contributed by atoms with Crippen molar-refractivity contribution in [1.29, 1.82) is 0 Å². The van der Waals surface area contributed by atoms with Gasteiger partial charge in [0, 0.05) is 0 Å². The first-order valence-electron chi connectivity index (χ1n) is 4.99. The Morgan fingerprint density at radius 2 is 1.50 bits per heavy atom. The summed E-state index contributed by atoms with van der Waals surface area (Å²) < 4.78 is 6.73. The molecule has 0 amide bonds. The Kier molecular flexibility index (Phi) is 5.72. The molecule has 0 aliphatic carbocycles. The molecule has 0 spiro atoms. The summed E-state index contributed by atoms with van der Waals surface area (Å²) in [5.74, 6) is 0. The van der Waals surface area contributed by atoms with Gasteiger partial charge in [0.25, 0.3) is 0 Å². The molecular weight excluding hydrogens is 209 g/mol. The predicted octanol–water partition coefficient (Wildman–Crippen LogP) is 3.58. The van der Waals surface area contributed by atoms with Crippen molar-refractivity contribution >= 4 is 13.3 Å². The van der Waals surface area contributed by atoms with E-state index >= 15 is 0 Å². The summed E-state index contributed by atoms with van der Waals surface area (Å²) in [6, 6.07) is 0. The van der Waals surface area contributed by atoms with Crippen LogP contribution in [0, 0.1) is 0 Å². The maximum absolute atomic E-state index is 5.57. The van der Waals surface area contributed by atoms with Crippen molar-refractivity contribution in [3.05, 3.63) is 11.2 Å². The summed E-state index contributed by atoms with van der Waals surface area (Å²) in [4.78, 5) is 0. The van der Waals surface area contributed by atoms with Crippen molar-refractivity contribution in [2.45, 2.75) is 43.5 Å². The SMILES string of the molecule is C=[C](OCC)[Ge]([CH2]C)([CH2]C)[CH2]C.